The fourth-order valence-electron chi connectivity index (χ4n) is 8.27. The quantitative estimate of drug-likeness (QED) is 0.250. The van der Waals surface area contributed by atoms with E-state index >= 15 is 8.78 Å². The molecule has 0 bridgehead atoms. The maximum absolute atomic E-state index is 17.2. The number of fused-ring (bicyclic) bond motifs is 4. The summed E-state index contributed by atoms with van der Waals surface area (Å²) in [7, 11) is 0. The molecule has 4 aliphatic rings. The fourth-order valence-corrected chi connectivity index (χ4v) is 9.55. The Hall–Kier alpha value is -4.01. The maximum atomic E-state index is 17.2. The Labute approximate surface area is 284 Å². The normalized spacial score (nSPS) is 25.2. The number of aromatic nitrogens is 2. The SMILES string of the molecule is C[C@H]1CN2CCC[C@@]2(COc2nc3c4c(c(Cl)c(-c5ccc(F)c6sc(N)c(C#N)c56)c(F)c4n2)OCC2C(CC#N)OCCCN32)C1. The fraction of sp³-hybridized carbons (Fsp3) is 0.471. The van der Waals surface area contributed by atoms with E-state index in [-0.39, 0.29) is 78.0 Å². The van der Waals surface area contributed by atoms with Gasteiger partial charge in [-0.2, -0.15) is 20.5 Å². The summed E-state index contributed by atoms with van der Waals surface area (Å²) in [6, 6.07) is 6.43. The van der Waals surface area contributed by atoms with Gasteiger partial charge in [-0.15, -0.1) is 11.3 Å². The van der Waals surface area contributed by atoms with Gasteiger partial charge in [-0.25, -0.2) is 8.78 Å². The first-order valence-corrected chi connectivity index (χ1v) is 17.3. The van der Waals surface area contributed by atoms with Crippen LogP contribution in [0.2, 0.25) is 5.02 Å². The highest BCUT2D eigenvalue weighted by Crippen LogP contribution is 2.51. The molecular weight excluding hydrogens is 660 g/mol. The van der Waals surface area contributed by atoms with E-state index < -0.39 is 23.8 Å². The molecule has 0 spiro atoms. The average molecular weight is 692 g/mol. The molecule has 2 aromatic heterocycles. The van der Waals surface area contributed by atoms with Crippen molar-refractivity contribution in [2.75, 3.05) is 50.1 Å². The van der Waals surface area contributed by atoms with Gasteiger partial charge in [-0.1, -0.05) is 24.6 Å². The molecule has 0 aliphatic carbocycles. The average Bonchev–Trinajstić information content (AvgIpc) is 3.61. The Balaban J connectivity index is 1.35. The van der Waals surface area contributed by atoms with Crippen LogP contribution in [0.25, 0.3) is 32.1 Å². The molecule has 2 N–H and O–H groups in total. The van der Waals surface area contributed by atoms with Crippen LogP contribution in [0, 0.1) is 40.2 Å². The summed E-state index contributed by atoms with van der Waals surface area (Å²) in [5.74, 6) is -0.305. The van der Waals surface area contributed by atoms with Crippen molar-refractivity contribution in [1.82, 2.24) is 14.9 Å². The second-order valence-corrected chi connectivity index (χ2v) is 14.6. The van der Waals surface area contributed by atoms with E-state index in [4.69, 9.17) is 36.5 Å². The van der Waals surface area contributed by atoms with E-state index in [2.05, 4.69) is 22.9 Å². The lowest BCUT2D eigenvalue weighted by atomic mass is 9.92. The van der Waals surface area contributed by atoms with E-state index in [1.165, 1.54) is 12.1 Å². The van der Waals surface area contributed by atoms with Crippen molar-refractivity contribution in [2.24, 2.45) is 5.92 Å². The second-order valence-electron chi connectivity index (χ2n) is 13.2. The first-order chi connectivity index (χ1) is 23.2. The number of nitriles is 2. The molecule has 2 unspecified atom stereocenters. The number of hydrogen-bond donors (Lipinski definition) is 1. The summed E-state index contributed by atoms with van der Waals surface area (Å²) < 4.78 is 51.3. The highest BCUT2D eigenvalue weighted by Gasteiger charge is 2.48. The van der Waals surface area contributed by atoms with E-state index in [0.717, 1.165) is 43.7 Å². The Morgan fingerprint density at radius 1 is 1.21 bits per heavy atom. The van der Waals surface area contributed by atoms with Gasteiger partial charge in [-0.05, 0) is 49.8 Å². The third-order valence-electron chi connectivity index (χ3n) is 10.3. The Kier molecular flexibility index (Phi) is 7.72. The number of anilines is 2. The minimum atomic E-state index is -0.786. The predicted octanol–water partition coefficient (Wildman–Crippen LogP) is 6.42. The van der Waals surface area contributed by atoms with Gasteiger partial charge >= 0.3 is 6.01 Å². The van der Waals surface area contributed by atoms with Crippen LogP contribution in [-0.4, -0.2) is 72.0 Å². The molecule has 4 aromatic rings. The number of benzene rings is 2. The number of rotatable bonds is 5. The predicted molar refractivity (Wildman–Crippen MR) is 178 cm³/mol. The van der Waals surface area contributed by atoms with Crippen molar-refractivity contribution in [3.63, 3.8) is 0 Å². The van der Waals surface area contributed by atoms with E-state index in [1.807, 2.05) is 11.0 Å². The van der Waals surface area contributed by atoms with E-state index in [9.17, 15) is 10.5 Å². The summed E-state index contributed by atoms with van der Waals surface area (Å²) in [6.07, 6.45) is 3.33. The van der Waals surface area contributed by atoms with Crippen LogP contribution in [0.4, 0.5) is 19.6 Å². The van der Waals surface area contributed by atoms with E-state index in [0.29, 0.717) is 37.9 Å². The number of thiophene rings is 1. The molecule has 0 amide bonds. The summed E-state index contributed by atoms with van der Waals surface area (Å²) in [4.78, 5) is 14.0. The number of nitrogen functional groups attached to an aromatic ring is 1. The zero-order valence-electron chi connectivity index (χ0n) is 26.2. The lowest BCUT2D eigenvalue weighted by Gasteiger charge is -2.33. The molecule has 6 heterocycles. The molecule has 4 atom stereocenters. The molecular formula is C34H32ClF2N7O3S. The Morgan fingerprint density at radius 3 is 2.88 bits per heavy atom. The molecule has 10 nitrogen and oxygen atoms in total. The van der Waals surface area contributed by atoms with Crippen molar-refractivity contribution in [1.29, 1.82) is 10.5 Å². The molecule has 14 heteroatoms. The number of ether oxygens (including phenoxy) is 3. The van der Waals surface area contributed by atoms with Gasteiger partial charge in [0, 0.05) is 30.6 Å². The van der Waals surface area contributed by atoms with Gasteiger partial charge in [0.25, 0.3) is 0 Å². The van der Waals surface area contributed by atoms with Crippen molar-refractivity contribution in [2.45, 2.75) is 56.7 Å². The third-order valence-corrected chi connectivity index (χ3v) is 11.7. The minimum Gasteiger partial charge on any atom is -0.489 e. The van der Waals surface area contributed by atoms with Crippen LogP contribution >= 0.6 is 22.9 Å². The lowest BCUT2D eigenvalue weighted by Crippen LogP contribution is -2.47. The largest absolute Gasteiger partial charge is 0.489 e. The number of nitrogens with two attached hydrogens (primary N) is 1. The van der Waals surface area contributed by atoms with Gasteiger partial charge in [0.2, 0.25) is 0 Å². The molecule has 8 rings (SSSR count). The maximum Gasteiger partial charge on any atom is 0.319 e. The third kappa shape index (κ3) is 4.74. The zero-order chi connectivity index (χ0) is 33.3. The summed E-state index contributed by atoms with van der Waals surface area (Å²) in [6.45, 7) is 5.64. The van der Waals surface area contributed by atoms with Crippen molar-refractivity contribution < 1.29 is 23.0 Å². The number of nitrogens with zero attached hydrogens (tertiary/aromatic N) is 6. The van der Waals surface area contributed by atoms with Crippen LogP contribution in [0.1, 0.15) is 44.6 Å². The van der Waals surface area contributed by atoms with Gasteiger partial charge in [-0.3, -0.25) is 4.90 Å². The smallest absolute Gasteiger partial charge is 0.319 e. The van der Waals surface area contributed by atoms with Crippen LogP contribution < -0.4 is 20.1 Å². The van der Waals surface area contributed by atoms with Crippen LogP contribution in [0.15, 0.2) is 12.1 Å². The molecule has 2 aromatic carbocycles. The minimum absolute atomic E-state index is 0.0146. The van der Waals surface area contributed by atoms with Crippen LogP contribution in [0.5, 0.6) is 11.8 Å². The first kappa shape index (κ1) is 31.3. The van der Waals surface area contributed by atoms with Crippen molar-refractivity contribution in [3.05, 3.63) is 34.4 Å². The molecule has 248 valence electrons. The van der Waals surface area contributed by atoms with Gasteiger partial charge in [0.05, 0.1) is 50.8 Å². The molecule has 0 saturated carbocycles. The van der Waals surface area contributed by atoms with Gasteiger partial charge in [0.15, 0.2) is 11.6 Å². The van der Waals surface area contributed by atoms with E-state index in [1.54, 1.807) is 0 Å². The molecule has 4 aliphatic heterocycles. The topological polar surface area (TPSA) is 134 Å². The van der Waals surface area contributed by atoms with Crippen LogP contribution in [0.3, 0.4) is 0 Å². The summed E-state index contributed by atoms with van der Waals surface area (Å²) in [5.41, 5.74) is 6.04. The lowest BCUT2D eigenvalue weighted by molar-refractivity contribution is 0.0392. The molecule has 3 saturated heterocycles. The Bertz CT molecular complexity index is 2070. The van der Waals surface area contributed by atoms with Crippen molar-refractivity contribution in [3.8, 4) is 35.0 Å². The second kappa shape index (κ2) is 11.8. The number of hydrogen-bond acceptors (Lipinski definition) is 11. The zero-order valence-corrected chi connectivity index (χ0v) is 27.8. The highest BCUT2D eigenvalue weighted by molar-refractivity contribution is 7.23. The molecule has 0 radical (unpaired) electrons. The monoisotopic (exact) mass is 691 g/mol. The van der Waals surface area contributed by atoms with Gasteiger partial charge < -0.3 is 24.8 Å². The molecule has 48 heavy (non-hydrogen) atoms. The first-order valence-electron chi connectivity index (χ1n) is 16.1. The summed E-state index contributed by atoms with van der Waals surface area (Å²) >= 11 is 7.99. The van der Waals surface area contributed by atoms with Crippen molar-refractivity contribution >= 4 is 54.7 Å². The highest BCUT2D eigenvalue weighted by atomic mass is 35.5. The van der Waals surface area contributed by atoms with Gasteiger partial charge in [0.1, 0.15) is 41.4 Å². The summed E-state index contributed by atoms with van der Waals surface area (Å²) in [5, 5.41) is 20.1. The Morgan fingerprint density at radius 2 is 2.06 bits per heavy atom. The standard InChI is InChI=1S/C34H32ClF2N7O3S/c1-17-12-34(7-2-9-43(34)14-17)16-47-33-41-28-25-29(46-15-21-22(6-8-38)45-11-3-10-44(21)32(25)42-33)26(35)24(27(28)37)18-4-5-20(36)30-23(18)19(13-39)31(40)48-30/h4-5,17,21-22H,2-3,6-7,9-12,14-16,40H2,1H3/t17-,21?,22?,34+/m1/s1. The number of halogens is 3. The molecule has 3 fully saturated rings. The van der Waals surface area contributed by atoms with Crippen LogP contribution in [-0.2, 0) is 4.74 Å².